The second kappa shape index (κ2) is 10.2. The number of carbonyl (C=O) groups is 2. The molecular formula is C21H23ClN2O7S. The fourth-order valence-electron chi connectivity index (χ4n) is 3.05. The molecule has 1 aliphatic rings. The summed E-state index contributed by atoms with van der Waals surface area (Å²) in [5, 5.41) is 2.65. The van der Waals surface area contributed by atoms with E-state index < -0.39 is 28.5 Å². The van der Waals surface area contributed by atoms with Crippen molar-refractivity contribution in [2.24, 2.45) is 0 Å². The molecule has 172 valence electrons. The lowest BCUT2D eigenvalue weighted by atomic mass is 10.2. The van der Waals surface area contributed by atoms with E-state index in [0.29, 0.717) is 11.5 Å². The fraction of sp³-hybridized carbons (Fsp3) is 0.333. The number of hydrogen-bond donors (Lipinski definition) is 1. The normalized spacial score (nSPS) is 12.6. The molecule has 1 amide bonds. The van der Waals surface area contributed by atoms with Gasteiger partial charge in [0.2, 0.25) is 16.8 Å². The van der Waals surface area contributed by atoms with Gasteiger partial charge in [-0.05, 0) is 35.9 Å². The highest BCUT2D eigenvalue weighted by Crippen LogP contribution is 2.32. The molecule has 0 aliphatic carbocycles. The number of hydrogen-bond acceptors (Lipinski definition) is 7. The van der Waals surface area contributed by atoms with Crippen LogP contribution >= 0.6 is 11.6 Å². The minimum absolute atomic E-state index is 0.0225. The summed E-state index contributed by atoms with van der Waals surface area (Å²) in [6.07, 6.45) is 0. The van der Waals surface area contributed by atoms with E-state index in [1.807, 2.05) is 0 Å². The molecule has 0 saturated heterocycles. The highest BCUT2D eigenvalue weighted by molar-refractivity contribution is 7.89. The Morgan fingerprint density at radius 1 is 1.09 bits per heavy atom. The summed E-state index contributed by atoms with van der Waals surface area (Å²) in [6.45, 7) is 3.80. The molecule has 3 rings (SSSR count). The maximum atomic E-state index is 12.7. The molecule has 0 fully saturated rings. The molecule has 1 heterocycles. The third kappa shape index (κ3) is 5.32. The van der Waals surface area contributed by atoms with Gasteiger partial charge in [0.05, 0.1) is 15.5 Å². The number of amides is 1. The highest BCUT2D eigenvalue weighted by atomic mass is 35.5. The summed E-state index contributed by atoms with van der Waals surface area (Å²) in [7, 11) is -3.78. The Hall–Kier alpha value is -2.82. The first-order valence-electron chi connectivity index (χ1n) is 9.88. The van der Waals surface area contributed by atoms with Crippen molar-refractivity contribution >= 4 is 33.5 Å². The molecule has 0 saturated carbocycles. The van der Waals surface area contributed by atoms with Crippen molar-refractivity contribution in [3.8, 4) is 11.5 Å². The summed E-state index contributed by atoms with van der Waals surface area (Å²) in [6, 6.07) is 9.06. The lowest BCUT2D eigenvalue weighted by Gasteiger charge is -2.19. The number of ether oxygens (including phenoxy) is 3. The topological polar surface area (TPSA) is 111 Å². The summed E-state index contributed by atoms with van der Waals surface area (Å²) in [5.74, 6) is -0.197. The lowest BCUT2D eigenvalue weighted by Crippen LogP contribution is -2.31. The number of benzene rings is 2. The van der Waals surface area contributed by atoms with Gasteiger partial charge in [0.25, 0.3) is 5.91 Å². The van der Waals surface area contributed by atoms with Gasteiger partial charge in [-0.2, -0.15) is 4.31 Å². The van der Waals surface area contributed by atoms with Gasteiger partial charge in [0.1, 0.15) is 0 Å². The van der Waals surface area contributed by atoms with Crippen LogP contribution in [0.5, 0.6) is 11.5 Å². The van der Waals surface area contributed by atoms with E-state index in [9.17, 15) is 18.0 Å². The molecule has 0 unspecified atom stereocenters. The van der Waals surface area contributed by atoms with Crippen LogP contribution in [0.1, 0.15) is 29.8 Å². The first kappa shape index (κ1) is 23.8. The van der Waals surface area contributed by atoms with Gasteiger partial charge in [-0.15, -0.1) is 0 Å². The molecule has 2 aromatic carbocycles. The molecule has 0 spiro atoms. The van der Waals surface area contributed by atoms with Crippen LogP contribution in [0.3, 0.4) is 0 Å². The average molecular weight is 483 g/mol. The largest absolute Gasteiger partial charge is 0.454 e. The Balaban J connectivity index is 1.60. The number of carbonyl (C=O) groups excluding carboxylic acids is 2. The first-order chi connectivity index (χ1) is 15.3. The Kier molecular flexibility index (Phi) is 7.60. The van der Waals surface area contributed by atoms with Crippen LogP contribution in [0.2, 0.25) is 5.02 Å². The van der Waals surface area contributed by atoms with Crippen LogP contribution < -0.4 is 14.8 Å². The fourth-order valence-corrected chi connectivity index (χ4v) is 4.72. The monoisotopic (exact) mass is 482 g/mol. The number of halogens is 1. The number of fused-ring (bicyclic) bond motifs is 1. The summed E-state index contributed by atoms with van der Waals surface area (Å²) >= 11 is 6.06. The van der Waals surface area contributed by atoms with Gasteiger partial charge in [-0.25, -0.2) is 13.2 Å². The summed E-state index contributed by atoms with van der Waals surface area (Å²) in [5.41, 5.74) is 0.648. The van der Waals surface area contributed by atoms with Gasteiger partial charge in [-0.1, -0.05) is 31.5 Å². The van der Waals surface area contributed by atoms with Gasteiger partial charge in [0, 0.05) is 19.6 Å². The number of sulfonamides is 1. The Labute approximate surface area is 191 Å². The number of esters is 1. The first-order valence-corrected chi connectivity index (χ1v) is 11.7. The average Bonchev–Trinajstić information content (AvgIpc) is 3.24. The third-order valence-electron chi connectivity index (χ3n) is 4.76. The van der Waals surface area contributed by atoms with E-state index in [1.165, 1.54) is 16.4 Å². The third-order valence-corrected chi connectivity index (χ3v) is 7.14. The standard InChI is InChI=1S/C21H23ClN2O7S/c1-3-24(4-2)32(27,28)15-6-7-17(22)16(10-15)21(26)29-12-20(25)23-11-14-5-8-18-19(9-14)31-13-30-18/h5-10H,3-4,11-13H2,1-2H3,(H,23,25). The molecule has 32 heavy (non-hydrogen) atoms. The second-order valence-corrected chi connectivity index (χ2v) is 9.12. The molecule has 0 aromatic heterocycles. The predicted octanol–water partition coefficient (Wildman–Crippen LogP) is 2.57. The van der Waals surface area contributed by atoms with Crippen LogP contribution in [-0.4, -0.2) is 51.1 Å². The van der Waals surface area contributed by atoms with Crippen molar-refractivity contribution in [3.05, 3.63) is 52.5 Å². The van der Waals surface area contributed by atoms with E-state index in [1.54, 1.807) is 32.0 Å². The van der Waals surface area contributed by atoms with Crippen molar-refractivity contribution < 1.29 is 32.2 Å². The van der Waals surface area contributed by atoms with Crippen LogP contribution in [0, 0.1) is 0 Å². The van der Waals surface area contributed by atoms with Gasteiger partial charge in [0.15, 0.2) is 18.1 Å². The van der Waals surface area contributed by atoms with E-state index in [0.717, 1.165) is 11.6 Å². The minimum Gasteiger partial charge on any atom is -0.454 e. The van der Waals surface area contributed by atoms with Crippen molar-refractivity contribution in [3.63, 3.8) is 0 Å². The van der Waals surface area contributed by atoms with Crippen LogP contribution in [0.25, 0.3) is 0 Å². The smallest absolute Gasteiger partial charge is 0.340 e. The second-order valence-electron chi connectivity index (χ2n) is 6.77. The van der Waals surface area contributed by atoms with Crippen LogP contribution in [0.4, 0.5) is 0 Å². The molecule has 1 aliphatic heterocycles. The van der Waals surface area contributed by atoms with Gasteiger partial charge < -0.3 is 19.5 Å². The number of nitrogens with one attached hydrogen (secondary N) is 1. The zero-order valence-electron chi connectivity index (χ0n) is 17.6. The SMILES string of the molecule is CCN(CC)S(=O)(=O)c1ccc(Cl)c(C(=O)OCC(=O)NCc2ccc3c(c2)OCO3)c1. The van der Waals surface area contributed by atoms with Crippen LogP contribution in [0.15, 0.2) is 41.3 Å². The quantitative estimate of drug-likeness (QED) is 0.547. The molecule has 0 bridgehead atoms. The Bertz CT molecular complexity index is 1120. The predicted molar refractivity (Wildman–Crippen MR) is 116 cm³/mol. The zero-order chi connectivity index (χ0) is 23.3. The summed E-state index contributed by atoms with van der Waals surface area (Å²) < 4.78 is 42.2. The highest BCUT2D eigenvalue weighted by Gasteiger charge is 2.24. The maximum Gasteiger partial charge on any atom is 0.340 e. The van der Waals surface area contributed by atoms with Crippen molar-refractivity contribution in [1.29, 1.82) is 0 Å². The van der Waals surface area contributed by atoms with Crippen molar-refractivity contribution in [1.82, 2.24) is 9.62 Å². The molecule has 1 N–H and O–H groups in total. The molecular weight excluding hydrogens is 460 g/mol. The molecule has 11 heteroatoms. The van der Waals surface area contributed by atoms with E-state index in [2.05, 4.69) is 5.32 Å². The molecule has 0 radical (unpaired) electrons. The zero-order valence-corrected chi connectivity index (χ0v) is 19.2. The Morgan fingerprint density at radius 2 is 1.81 bits per heavy atom. The number of nitrogens with zero attached hydrogens (tertiary/aromatic N) is 1. The maximum absolute atomic E-state index is 12.7. The molecule has 9 nitrogen and oxygen atoms in total. The molecule has 2 aromatic rings. The van der Waals surface area contributed by atoms with E-state index in [4.69, 9.17) is 25.8 Å². The van der Waals surface area contributed by atoms with E-state index >= 15 is 0 Å². The summed E-state index contributed by atoms with van der Waals surface area (Å²) in [4.78, 5) is 24.4. The van der Waals surface area contributed by atoms with Gasteiger partial charge in [-0.3, -0.25) is 4.79 Å². The van der Waals surface area contributed by atoms with Gasteiger partial charge >= 0.3 is 5.97 Å². The van der Waals surface area contributed by atoms with Crippen molar-refractivity contribution in [2.75, 3.05) is 26.5 Å². The minimum atomic E-state index is -3.78. The lowest BCUT2D eigenvalue weighted by molar-refractivity contribution is -0.124. The Morgan fingerprint density at radius 3 is 2.53 bits per heavy atom. The van der Waals surface area contributed by atoms with Crippen molar-refractivity contribution in [2.45, 2.75) is 25.3 Å². The van der Waals surface area contributed by atoms with Crippen LogP contribution in [-0.2, 0) is 26.1 Å². The van der Waals surface area contributed by atoms with E-state index in [-0.39, 0.29) is 41.9 Å². The molecule has 0 atom stereocenters. The number of rotatable bonds is 9.